The van der Waals surface area contributed by atoms with E-state index in [0.29, 0.717) is 58.6 Å². The molecule has 14 nitrogen and oxygen atoms in total. The van der Waals surface area contributed by atoms with Crippen LogP contribution in [-0.4, -0.2) is 80.9 Å². The number of amides is 1. The van der Waals surface area contributed by atoms with Gasteiger partial charge in [-0.3, -0.25) is 14.0 Å². The van der Waals surface area contributed by atoms with Gasteiger partial charge in [-0.1, -0.05) is 18.1 Å². The highest BCUT2D eigenvalue weighted by Crippen LogP contribution is 2.36. The summed E-state index contributed by atoms with van der Waals surface area (Å²) in [7, 11) is -6.77. The van der Waals surface area contributed by atoms with Crippen molar-refractivity contribution in [3.05, 3.63) is 11.9 Å². The molecule has 0 spiro atoms. The molecule has 1 heterocycles. The normalized spacial score (nSPS) is 14.9. The van der Waals surface area contributed by atoms with Gasteiger partial charge in [0.15, 0.2) is 0 Å². The van der Waals surface area contributed by atoms with Crippen LogP contribution in [-0.2, 0) is 49.9 Å². The number of nitrogens with zero attached hydrogens (tertiary/aromatic N) is 3. The fourth-order valence-corrected chi connectivity index (χ4v) is 3.75. The van der Waals surface area contributed by atoms with E-state index in [2.05, 4.69) is 29.2 Å². The molecule has 36 heavy (non-hydrogen) atoms. The highest BCUT2D eigenvalue weighted by molar-refractivity contribution is 7.50. The van der Waals surface area contributed by atoms with Crippen molar-refractivity contribution in [2.75, 3.05) is 60.0 Å². The second-order valence-corrected chi connectivity index (χ2v) is 11.2. The van der Waals surface area contributed by atoms with Gasteiger partial charge in [-0.25, -0.2) is 0 Å². The van der Waals surface area contributed by atoms with Crippen LogP contribution in [0.2, 0.25) is 0 Å². The molecule has 0 radical (unpaired) electrons. The number of aryl methyl sites for hydroxylation is 2. The van der Waals surface area contributed by atoms with Crippen LogP contribution in [0.5, 0.6) is 0 Å². The van der Waals surface area contributed by atoms with Crippen LogP contribution in [0.1, 0.15) is 44.2 Å². The lowest BCUT2D eigenvalue weighted by Gasteiger charge is -2.19. The smallest absolute Gasteiger partial charge is 0.267 e. The predicted octanol–water partition coefficient (Wildman–Crippen LogP) is 0.642. The molecule has 0 aliphatic carbocycles. The maximum Gasteiger partial charge on any atom is 0.267 e. The molecule has 1 amide bonds. The van der Waals surface area contributed by atoms with Crippen LogP contribution in [0.25, 0.3) is 0 Å². The maximum atomic E-state index is 11.9. The first-order valence-electron chi connectivity index (χ1n) is 11.9. The lowest BCUT2D eigenvalue weighted by molar-refractivity contribution is -0.223. The number of phosphoric acid groups is 1. The van der Waals surface area contributed by atoms with E-state index in [1.165, 1.54) is 0 Å². The number of ether oxygens (including phenoxy) is 2. The van der Waals surface area contributed by atoms with Crippen molar-refractivity contribution in [1.82, 2.24) is 20.3 Å². The minimum absolute atomic E-state index is 0.0205. The number of carbonyl (C=O) groups is 1. The highest BCUT2D eigenvalue weighted by atomic mass is 31.2. The summed E-state index contributed by atoms with van der Waals surface area (Å²) in [6.45, 7) is 3.36. The highest BCUT2D eigenvalue weighted by Gasteiger charge is 2.06. The van der Waals surface area contributed by atoms with Gasteiger partial charge in [-0.2, -0.15) is 0 Å². The zero-order chi connectivity index (χ0) is 26.7. The standard InChI is InChI=1S/C20H40N4O10P2/c1-30-36(28,29)34-12-6-4-3-5-11-24-18-19(22-23-24)8-7-9-20(25)21-10-13-31-14-15-32-16-17-33-35(2,26)27/h18H,3-17H2,1-2H3,(H,21,25)(H,26,27)(H,28,29)/p-2. The predicted molar refractivity (Wildman–Crippen MR) is 126 cm³/mol. The molecule has 2 unspecified atom stereocenters. The number of aromatic nitrogens is 3. The van der Waals surface area contributed by atoms with E-state index < -0.39 is 15.4 Å². The molecule has 210 valence electrons. The molecule has 0 aromatic carbocycles. The van der Waals surface area contributed by atoms with Gasteiger partial charge >= 0.3 is 0 Å². The molecule has 2 atom stereocenters. The summed E-state index contributed by atoms with van der Waals surface area (Å²) in [5, 5.41) is 11.0. The molecule has 0 saturated heterocycles. The van der Waals surface area contributed by atoms with Gasteiger partial charge in [0.25, 0.3) is 7.82 Å². The third-order valence-electron chi connectivity index (χ3n) is 4.67. The van der Waals surface area contributed by atoms with Gasteiger partial charge in [-0.05, 0) is 25.7 Å². The Morgan fingerprint density at radius 3 is 2.39 bits per heavy atom. The molecular formula is C20H38N4O10P2-2. The Balaban J connectivity index is 1.96. The summed E-state index contributed by atoms with van der Waals surface area (Å²) < 4.78 is 47.6. The van der Waals surface area contributed by atoms with Gasteiger partial charge in [0.1, 0.15) is 7.60 Å². The molecule has 0 bridgehead atoms. The number of hydrogen-bond donors (Lipinski definition) is 1. The summed E-state index contributed by atoms with van der Waals surface area (Å²) in [6.07, 6.45) is 6.81. The fourth-order valence-electron chi connectivity index (χ4n) is 2.89. The average Bonchev–Trinajstić information content (AvgIpc) is 3.26. The van der Waals surface area contributed by atoms with Crippen LogP contribution in [0.15, 0.2) is 6.20 Å². The molecule has 0 aliphatic heterocycles. The van der Waals surface area contributed by atoms with Crippen LogP contribution in [0.3, 0.4) is 0 Å². The van der Waals surface area contributed by atoms with Crippen molar-refractivity contribution >= 4 is 21.3 Å². The first-order valence-corrected chi connectivity index (χ1v) is 15.3. The van der Waals surface area contributed by atoms with Crippen molar-refractivity contribution < 1.29 is 46.8 Å². The van der Waals surface area contributed by atoms with Crippen LogP contribution >= 0.6 is 15.4 Å². The Morgan fingerprint density at radius 2 is 1.67 bits per heavy atom. The van der Waals surface area contributed by atoms with E-state index in [-0.39, 0.29) is 25.7 Å². The van der Waals surface area contributed by atoms with E-state index in [0.717, 1.165) is 38.7 Å². The van der Waals surface area contributed by atoms with Crippen molar-refractivity contribution in [3.63, 3.8) is 0 Å². The summed E-state index contributed by atoms with van der Waals surface area (Å²) in [5.41, 5.74) is 0.827. The maximum absolute atomic E-state index is 11.9. The minimum Gasteiger partial charge on any atom is -0.779 e. The number of phosphoric ester groups is 1. The summed E-state index contributed by atoms with van der Waals surface area (Å²) in [6, 6.07) is 0. The number of nitrogens with one attached hydrogen (secondary N) is 1. The third-order valence-corrected chi connectivity index (χ3v) is 6.27. The fraction of sp³-hybridized carbons (Fsp3) is 0.850. The third kappa shape index (κ3) is 19.0. The van der Waals surface area contributed by atoms with Crippen LogP contribution in [0, 0.1) is 0 Å². The monoisotopic (exact) mass is 556 g/mol. The zero-order valence-electron chi connectivity index (χ0n) is 21.0. The quantitative estimate of drug-likeness (QED) is 0.147. The SMILES string of the molecule is COP(=O)([O-])OCCCCCCn1cc(CCCC(=O)NCCOCCOCCOP(C)(=O)[O-])nn1. The Bertz CT molecular complexity index is 820. The van der Waals surface area contributed by atoms with E-state index in [1.807, 2.05) is 6.20 Å². The van der Waals surface area contributed by atoms with E-state index >= 15 is 0 Å². The van der Waals surface area contributed by atoms with E-state index in [4.69, 9.17) is 9.47 Å². The number of carbonyl (C=O) groups excluding carboxylic acids is 1. The average molecular weight is 556 g/mol. The topological polar surface area (TPSA) is 186 Å². The van der Waals surface area contributed by atoms with Crippen molar-refractivity contribution in [3.8, 4) is 0 Å². The van der Waals surface area contributed by atoms with Gasteiger partial charge in [-0.15, -0.1) is 5.10 Å². The zero-order valence-corrected chi connectivity index (χ0v) is 22.8. The van der Waals surface area contributed by atoms with Crippen LogP contribution in [0.4, 0.5) is 0 Å². The van der Waals surface area contributed by atoms with Crippen LogP contribution < -0.4 is 15.1 Å². The molecule has 0 aliphatic rings. The Morgan fingerprint density at radius 1 is 0.972 bits per heavy atom. The Labute approximate surface area is 212 Å². The molecule has 1 N–H and O–H groups in total. The van der Waals surface area contributed by atoms with Crippen molar-refractivity contribution in [1.29, 1.82) is 0 Å². The van der Waals surface area contributed by atoms with Gasteiger partial charge in [0.05, 0.1) is 45.3 Å². The summed E-state index contributed by atoms with van der Waals surface area (Å²) in [4.78, 5) is 33.7. The first kappa shape index (κ1) is 32.8. The number of rotatable bonds is 23. The Hall–Kier alpha value is -1.21. The van der Waals surface area contributed by atoms with Gasteiger partial charge in [0, 0.05) is 39.5 Å². The second-order valence-electron chi connectivity index (χ2n) is 7.88. The molecule has 1 aromatic heterocycles. The van der Waals surface area contributed by atoms with Crippen molar-refractivity contribution in [2.24, 2.45) is 0 Å². The number of hydrogen-bond acceptors (Lipinski definition) is 12. The molecular weight excluding hydrogens is 518 g/mol. The minimum atomic E-state index is -4.13. The number of unbranched alkanes of at least 4 members (excludes halogenated alkanes) is 3. The van der Waals surface area contributed by atoms with Gasteiger partial charge in [0.2, 0.25) is 5.91 Å². The molecule has 0 saturated carbocycles. The first-order chi connectivity index (χ1) is 17.1. The lowest BCUT2D eigenvalue weighted by Crippen LogP contribution is -2.27. The second kappa shape index (κ2) is 18.9. The molecule has 16 heteroatoms. The van der Waals surface area contributed by atoms with E-state index in [9.17, 15) is 23.7 Å². The lowest BCUT2D eigenvalue weighted by atomic mass is 10.2. The summed E-state index contributed by atoms with van der Waals surface area (Å²) >= 11 is 0. The van der Waals surface area contributed by atoms with E-state index in [1.54, 1.807) is 4.68 Å². The molecule has 0 fully saturated rings. The Kier molecular flexibility index (Phi) is 17.3. The molecule has 1 rings (SSSR count). The largest absolute Gasteiger partial charge is 0.779 e. The van der Waals surface area contributed by atoms with Crippen molar-refractivity contribution in [2.45, 2.75) is 51.5 Å². The summed E-state index contributed by atoms with van der Waals surface area (Å²) in [5.74, 6) is -0.0659. The van der Waals surface area contributed by atoms with Gasteiger partial charge < -0.3 is 42.7 Å². The molecule has 1 aromatic rings.